The third kappa shape index (κ3) is 2.97. The van der Waals surface area contributed by atoms with Gasteiger partial charge in [-0.2, -0.15) is 4.31 Å². The highest BCUT2D eigenvalue weighted by Gasteiger charge is 2.39. The van der Waals surface area contributed by atoms with Crippen molar-refractivity contribution in [2.24, 2.45) is 0 Å². The molecule has 0 unspecified atom stereocenters. The largest absolute Gasteiger partial charge is 0.378 e. The van der Waals surface area contributed by atoms with Crippen LogP contribution in [0.2, 0.25) is 5.02 Å². The molecule has 0 aliphatic carbocycles. The van der Waals surface area contributed by atoms with E-state index in [1.54, 1.807) is 12.1 Å². The van der Waals surface area contributed by atoms with E-state index in [-0.39, 0.29) is 10.8 Å². The van der Waals surface area contributed by atoms with Crippen LogP contribution in [0.4, 0.5) is 0 Å². The number of alkyl halides is 1. The Hall–Kier alpha value is -0.330. The molecule has 0 spiro atoms. The van der Waals surface area contributed by atoms with Crippen molar-refractivity contribution in [1.82, 2.24) is 4.31 Å². The molecule has 1 saturated heterocycles. The van der Waals surface area contributed by atoms with Gasteiger partial charge in [0.1, 0.15) is 0 Å². The highest BCUT2D eigenvalue weighted by molar-refractivity contribution is 7.89. The fraction of sp³-hybridized carbons (Fsp3) is 0.538. The van der Waals surface area contributed by atoms with Crippen LogP contribution in [-0.4, -0.2) is 38.0 Å². The van der Waals surface area contributed by atoms with E-state index >= 15 is 0 Å². The number of ether oxygens (including phenoxy) is 1. The van der Waals surface area contributed by atoms with E-state index in [0.29, 0.717) is 30.3 Å². The Morgan fingerprint density at radius 1 is 1.40 bits per heavy atom. The van der Waals surface area contributed by atoms with E-state index < -0.39 is 15.6 Å². The minimum atomic E-state index is -3.59. The molecule has 0 N–H and O–H groups in total. The van der Waals surface area contributed by atoms with Gasteiger partial charge >= 0.3 is 0 Å². The molecular weight excluding hydrogens is 321 g/mol. The molecule has 1 aliphatic rings. The van der Waals surface area contributed by atoms with Gasteiger partial charge in [0.15, 0.2) is 0 Å². The number of sulfonamides is 1. The van der Waals surface area contributed by atoms with Gasteiger partial charge in [-0.1, -0.05) is 17.7 Å². The Bertz CT molecular complexity index is 602. The lowest BCUT2D eigenvalue weighted by molar-refractivity contribution is -0.00770. The highest BCUT2D eigenvalue weighted by atomic mass is 35.5. The summed E-state index contributed by atoms with van der Waals surface area (Å²) in [6, 6.07) is 4.65. The van der Waals surface area contributed by atoms with Crippen LogP contribution in [0.1, 0.15) is 19.4 Å². The molecule has 1 aromatic rings. The fourth-order valence-electron chi connectivity index (χ4n) is 2.21. The number of morpholine rings is 1. The van der Waals surface area contributed by atoms with Crippen LogP contribution in [0.15, 0.2) is 23.1 Å². The molecule has 0 bridgehead atoms. The summed E-state index contributed by atoms with van der Waals surface area (Å²) in [5, 5.41) is 0.368. The zero-order chi connectivity index (χ0) is 15.0. The minimum absolute atomic E-state index is 0.186. The summed E-state index contributed by atoms with van der Waals surface area (Å²) >= 11 is 11.8. The molecule has 7 heteroatoms. The molecule has 0 aromatic heterocycles. The van der Waals surface area contributed by atoms with Gasteiger partial charge in [-0.05, 0) is 31.5 Å². The topological polar surface area (TPSA) is 46.6 Å². The van der Waals surface area contributed by atoms with Gasteiger partial charge < -0.3 is 4.74 Å². The number of hydrogen-bond donors (Lipinski definition) is 0. The molecule has 1 aromatic carbocycles. The number of hydrogen-bond acceptors (Lipinski definition) is 3. The van der Waals surface area contributed by atoms with Crippen molar-refractivity contribution in [3.8, 4) is 0 Å². The van der Waals surface area contributed by atoms with Crippen molar-refractivity contribution in [2.75, 3.05) is 19.8 Å². The van der Waals surface area contributed by atoms with Gasteiger partial charge in [-0.3, -0.25) is 0 Å². The normalized spacial score (nSPS) is 20.0. The van der Waals surface area contributed by atoms with Gasteiger partial charge in [0.05, 0.1) is 23.6 Å². The number of halogens is 2. The molecule has 112 valence electrons. The summed E-state index contributed by atoms with van der Waals surface area (Å²) in [6.07, 6.45) is 0. The lowest BCUT2D eigenvalue weighted by Gasteiger charge is -2.40. The second kappa shape index (κ2) is 5.81. The number of benzene rings is 1. The predicted molar refractivity (Wildman–Crippen MR) is 79.8 cm³/mol. The van der Waals surface area contributed by atoms with Crippen molar-refractivity contribution in [3.05, 3.63) is 28.8 Å². The Kier molecular flexibility index (Phi) is 4.66. The molecule has 0 amide bonds. The van der Waals surface area contributed by atoms with Crippen molar-refractivity contribution in [2.45, 2.75) is 30.2 Å². The third-order valence-electron chi connectivity index (χ3n) is 3.33. The van der Waals surface area contributed by atoms with Crippen LogP contribution in [0.25, 0.3) is 0 Å². The first kappa shape index (κ1) is 16.0. The van der Waals surface area contributed by atoms with E-state index in [4.69, 9.17) is 27.9 Å². The average molecular weight is 338 g/mol. The third-order valence-corrected chi connectivity index (χ3v) is 6.07. The molecule has 1 heterocycles. The maximum Gasteiger partial charge on any atom is 0.243 e. The van der Waals surface area contributed by atoms with E-state index in [2.05, 4.69) is 0 Å². The van der Waals surface area contributed by atoms with Gasteiger partial charge in [-0.25, -0.2) is 8.42 Å². The smallest absolute Gasteiger partial charge is 0.243 e. The molecule has 20 heavy (non-hydrogen) atoms. The van der Waals surface area contributed by atoms with Crippen molar-refractivity contribution < 1.29 is 13.2 Å². The average Bonchev–Trinajstić information content (AvgIpc) is 2.37. The van der Waals surface area contributed by atoms with Crippen LogP contribution in [0.3, 0.4) is 0 Å². The van der Waals surface area contributed by atoms with Gasteiger partial charge in [0.2, 0.25) is 10.0 Å². The van der Waals surface area contributed by atoms with Crippen LogP contribution in [-0.2, 0) is 20.6 Å². The maximum atomic E-state index is 12.7. The van der Waals surface area contributed by atoms with Crippen LogP contribution < -0.4 is 0 Å². The molecular formula is C13H17Cl2NO3S. The Morgan fingerprint density at radius 2 is 2.10 bits per heavy atom. The standard InChI is InChI=1S/C13H17Cl2NO3S/c1-13(2)9-19-6-5-16(13)20(17,18)11-4-3-10(8-14)12(15)7-11/h3-4,7H,5-6,8-9H2,1-2H3. The van der Waals surface area contributed by atoms with E-state index in [1.165, 1.54) is 10.4 Å². The quantitative estimate of drug-likeness (QED) is 0.796. The predicted octanol–water partition coefficient (Wildman–Crippen LogP) is 2.88. The van der Waals surface area contributed by atoms with Crippen molar-refractivity contribution in [1.29, 1.82) is 0 Å². The van der Waals surface area contributed by atoms with Gasteiger partial charge in [-0.15, -0.1) is 11.6 Å². The first-order valence-electron chi connectivity index (χ1n) is 6.24. The molecule has 1 aliphatic heterocycles. The Morgan fingerprint density at radius 3 is 2.65 bits per heavy atom. The molecule has 4 nitrogen and oxygen atoms in total. The zero-order valence-corrected chi connectivity index (χ0v) is 13.7. The Labute approximate surface area is 129 Å². The SMILES string of the molecule is CC1(C)COCCN1S(=O)(=O)c1ccc(CCl)c(Cl)c1. The summed E-state index contributed by atoms with van der Waals surface area (Å²) in [6.45, 7) is 4.80. The van der Waals surface area contributed by atoms with Crippen molar-refractivity contribution in [3.63, 3.8) is 0 Å². The summed E-state index contributed by atoms with van der Waals surface area (Å²) in [7, 11) is -3.59. The highest BCUT2D eigenvalue weighted by Crippen LogP contribution is 2.30. The second-order valence-electron chi connectivity index (χ2n) is 5.33. The Balaban J connectivity index is 2.42. The first-order valence-corrected chi connectivity index (χ1v) is 8.59. The monoisotopic (exact) mass is 337 g/mol. The van der Waals surface area contributed by atoms with E-state index in [1.807, 2.05) is 13.8 Å². The summed E-state index contributed by atoms with van der Waals surface area (Å²) < 4.78 is 32.3. The first-order chi connectivity index (χ1) is 9.29. The van der Waals surface area contributed by atoms with E-state index in [0.717, 1.165) is 0 Å². The lowest BCUT2D eigenvalue weighted by atomic mass is 10.1. The second-order valence-corrected chi connectivity index (χ2v) is 7.87. The molecule has 0 saturated carbocycles. The fourth-order valence-corrected chi connectivity index (χ4v) is 4.61. The van der Waals surface area contributed by atoms with Crippen LogP contribution in [0.5, 0.6) is 0 Å². The van der Waals surface area contributed by atoms with Gasteiger partial charge in [0, 0.05) is 17.4 Å². The summed E-state index contributed by atoms with van der Waals surface area (Å²) in [5.41, 5.74) is 0.142. The maximum absolute atomic E-state index is 12.7. The van der Waals surface area contributed by atoms with Crippen LogP contribution >= 0.6 is 23.2 Å². The summed E-state index contributed by atoms with van der Waals surface area (Å²) in [5.74, 6) is 0.252. The number of rotatable bonds is 3. The molecule has 0 atom stereocenters. The van der Waals surface area contributed by atoms with Crippen LogP contribution in [0, 0.1) is 0 Å². The van der Waals surface area contributed by atoms with Crippen molar-refractivity contribution >= 4 is 33.2 Å². The summed E-state index contributed by atoms with van der Waals surface area (Å²) in [4.78, 5) is 0.186. The lowest BCUT2D eigenvalue weighted by Crippen LogP contribution is -2.55. The molecule has 0 radical (unpaired) electrons. The van der Waals surface area contributed by atoms with E-state index in [9.17, 15) is 8.42 Å². The number of nitrogens with zero attached hydrogens (tertiary/aromatic N) is 1. The molecule has 2 rings (SSSR count). The van der Waals surface area contributed by atoms with Gasteiger partial charge in [0.25, 0.3) is 0 Å². The molecule has 1 fully saturated rings. The minimum Gasteiger partial charge on any atom is -0.378 e. The zero-order valence-electron chi connectivity index (χ0n) is 11.4.